The normalized spacial score (nSPS) is 13.6. The lowest BCUT2D eigenvalue weighted by Crippen LogP contribution is -2.54. The summed E-state index contributed by atoms with van der Waals surface area (Å²) in [6.45, 7) is 7.40. The number of benzene rings is 1. The van der Waals surface area contributed by atoms with Crippen LogP contribution in [-0.2, 0) is 20.8 Å². The van der Waals surface area contributed by atoms with Gasteiger partial charge in [0.15, 0.2) is 0 Å². The SMILES string of the molecule is CCCC[C@H](N)C(=O)N[C@@H](Cc1ccccc1)C(=O)C(=O)NC(C)(C)C. The Morgan fingerprint density at radius 3 is 2.27 bits per heavy atom. The Morgan fingerprint density at radius 1 is 1.12 bits per heavy atom. The number of rotatable bonds is 9. The molecular weight excluding hydrogens is 330 g/mol. The molecule has 0 radical (unpaired) electrons. The van der Waals surface area contributed by atoms with Crippen molar-refractivity contribution in [2.45, 2.75) is 71.0 Å². The largest absolute Gasteiger partial charge is 0.345 e. The van der Waals surface area contributed by atoms with E-state index in [1.54, 1.807) is 20.8 Å². The summed E-state index contributed by atoms with van der Waals surface area (Å²) in [6.07, 6.45) is 2.55. The number of unbranched alkanes of at least 4 members (excludes halogenated alkanes) is 1. The minimum absolute atomic E-state index is 0.240. The molecule has 144 valence electrons. The molecule has 6 nitrogen and oxygen atoms in total. The van der Waals surface area contributed by atoms with E-state index < -0.39 is 35.2 Å². The minimum atomic E-state index is -0.945. The molecule has 0 aromatic heterocycles. The van der Waals surface area contributed by atoms with Crippen LogP contribution in [0, 0.1) is 0 Å². The first kappa shape index (κ1) is 21.8. The van der Waals surface area contributed by atoms with E-state index in [-0.39, 0.29) is 6.42 Å². The lowest BCUT2D eigenvalue weighted by molar-refractivity contribution is -0.141. The highest BCUT2D eigenvalue weighted by atomic mass is 16.2. The van der Waals surface area contributed by atoms with E-state index in [0.29, 0.717) is 6.42 Å². The number of carbonyl (C=O) groups is 3. The predicted molar refractivity (Wildman–Crippen MR) is 102 cm³/mol. The fourth-order valence-electron chi connectivity index (χ4n) is 2.45. The van der Waals surface area contributed by atoms with Crippen LogP contribution in [0.5, 0.6) is 0 Å². The van der Waals surface area contributed by atoms with Crippen molar-refractivity contribution in [3.63, 3.8) is 0 Å². The Kier molecular flexibility index (Phi) is 8.45. The van der Waals surface area contributed by atoms with Gasteiger partial charge in [0.05, 0.1) is 6.04 Å². The Balaban J connectivity index is 2.89. The third-order valence-corrected chi connectivity index (χ3v) is 3.83. The van der Waals surface area contributed by atoms with Gasteiger partial charge in [0.2, 0.25) is 11.7 Å². The number of nitrogens with one attached hydrogen (secondary N) is 2. The zero-order chi connectivity index (χ0) is 19.7. The second kappa shape index (κ2) is 10.1. The molecule has 2 amide bonds. The van der Waals surface area contributed by atoms with Crippen molar-refractivity contribution in [2.75, 3.05) is 0 Å². The molecule has 0 aliphatic heterocycles. The van der Waals surface area contributed by atoms with E-state index in [1.165, 1.54) is 0 Å². The second-order valence-electron chi connectivity index (χ2n) is 7.57. The predicted octanol–water partition coefficient (Wildman–Crippen LogP) is 1.72. The van der Waals surface area contributed by atoms with Crippen molar-refractivity contribution in [1.82, 2.24) is 10.6 Å². The van der Waals surface area contributed by atoms with Gasteiger partial charge < -0.3 is 16.4 Å². The Bertz CT molecular complexity index is 608. The number of hydrogen-bond acceptors (Lipinski definition) is 4. The van der Waals surface area contributed by atoms with Crippen LogP contribution in [-0.4, -0.2) is 35.2 Å². The van der Waals surface area contributed by atoms with Crippen LogP contribution < -0.4 is 16.4 Å². The van der Waals surface area contributed by atoms with Crippen LogP contribution in [0.15, 0.2) is 30.3 Å². The smallest absolute Gasteiger partial charge is 0.290 e. The summed E-state index contributed by atoms with van der Waals surface area (Å²) < 4.78 is 0. The molecule has 1 aromatic rings. The Labute approximate surface area is 155 Å². The molecule has 0 heterocycles. The van der Waals surface area contributed by atoms with Gasteiger partial charge in [-0.05, 0) is 32.8 Å². The number of amides is 2. The van der Waals surface area contributed by atoms with Crippen molar-refractivity contribution >= 4 is 17.6 Å². The molecule has 4 N–H and O–H groups in total. The van der Waals surface area contributed by atoms with E-state index in [9.17, 15) is 14.4 Å². The monoisotopic (exact) mass is 361 g/mol. The van der Waals surface area contributed by atoms with Crippen LogP contribution in [0.2, 0.25) is 0 Å². The van der Waals surface area contributed by atoms with Crippen LogP contribution in [0.3, 0.4) is 0 Å². The van der Waals surface area contributed by atoms with Crippen molar-refractivity contribution in [2.24, 2.45) is 5.73 Å². The summed E-state index contributed by atoms with van der Waals surface area (Å²) in [6, 6.07) is 7.64. The van der Waals surface area contributed by atoms with Crippen LogP contribution in [0.1, 0.15) is 52.5 Å². The lowest BCUT2D eigenvalue weighted by atomic mass is 10.00. The molecule has 1 aromatic carbocycles. The van der Waals surface area contributed by atoms with E-state index in [4.69, 9.17) is 5.73 Å². The van der Waals surface area contributed by atoms with E-state index in [1.807, 2.05) is 37.3 Å². The molecule has 6 heteroatoms. The molecule has 0 fully saturated rings. The van der Waals surface area contributed by atoms with Crippen molar-refractivity contribution in [3.05, 3.63) is 35.9 Å². The summed E-state index contributed by atoms with van der Waals surface area (Å²) in [5, 5.41) is 5.32. The molecule has 0 saturated heterocycles. The molecule has 0 spiro atoms. The van der Waals surface area contributed by atoms with Crippen molar-refractivity contribution in [1.29, 1.82) is 0 Å². The number of carbonyl (C=O) groups excluding carboxylic acids is 3. The molecule has 1 rings (SSSR count). The summed E-state index contributed by atoms with van der Waals surface area (Å²) >= 11 is 0. The maximum absolute atomic E-state index is 12.6. The molecule has 0 aliphatic rings. The number of ketones is 1. The standard InChI is InChI=1S/C20H31N3O3/c1-5-6-12-15(21)18(25)22-16(13-14-10-8-7-9-11-14)17(24)19(26)23-20(2,3)4/h7-11,15-16H,5-6,12-13,21H2,1-4H3,(H,22,25)(H,23,26)/t15-,16-/m0/s1. The first-order chi connectivity index (χ1) is 12.1. The summed E-state index contributed by atoms with van der Waals surface area (Å²) in [7, 11) is 0. The van der Waals surface area contributed by atoms with Crippen LogP contribution in [0.25, 0.3) is 0 Å². The fourth-order valence-corrected chi connectivity index (χ4v) is 2.45. The second-order valence-corrected chi connectivity index (χ2v) is 7.57. The van der Waals surface area contributed by atoms with E-state index in [0.717, 1.165) is 18.4 Å². The molecule has 0 bridgehead atoms. The third-order valence-electron chi connectivity index (χ3n) is 3.83. The maximum atomic E-state index is 12.6. The van der Waals surface area contributed by atoms with Crippen LogP contribution in [0.4, 0.5) is 0 Å². The number of Topliss-reactive ketones (excluding diaryl/α,β-unsaturated/α-hetero) is 1. The van der Waals surface area contributed by atoms with Gasteiger partial charge >= 0.3 is 0 Å². The third kappa shape index (κ3) is 7.78. The molecule has 2 atom stereocenters. The molecule has 0 aliphatic carbocycles. The number of hydrogen-bond donors (Lipinski definition) is 3. The average molecular weight is 361 g/mol. The van der Waals surface area contributed by atoms with Crippen molar-refractivity contribution in [3.8, 4) is 0 Å². The topological polar surface area (TPSA) is 101 Å². The maximum Gasteiger partial charge on any atom is 0.290 e. The number of nitrogens with two attached hydrogens (primary N) is 1. The summed E-state index contributed by atoms with van der Waals surface area (Å²) in [4.78, 5) is 37.2. The minimum Gasteiger partial charge on any atom is -0.345 e. The van der Waals surface area contributed by atoms with Gasteiger partial charge in [-0.15, -0.1) is 0 Å². The average Bonchev–Trinajstić information content (AvgIpc) is 2.57. The van der Waals surface area contributed by atoms with Gasteiger partial charge in [-0.1, -0.05) is 50.1 Å². The van der Waals surface area contributed by atoms with Gasteiger partial charge in [-0.2, -0.15) is 0 Å². The highest BCUT2D eigenvalue weighted by molar-refractivity contribution is 6.38. The highest BCUT2D eigenvalue weighted by Crippen LogP contribution is 2.07. The first-order valence-corrected chi connectivity index (χ1v) is 9.10. The molecular formula is C20H31N3O3. The Hall–Kier alpha value is -2.21. The van der Waals surface area contributed by atoms with Gasteiger partial charge in [0.25, 0.3) is 5.91 Å². The highest BCUT2D eigenvalue weighted by Gasteiger charge is 2.30. The lowest BCUT2D eigenvalue weighted by Gasteiger charge is -2.23. The van der Waals surface area contributed by atoms with Gasteiger partial charge in [0.1, 0.15) is 6.04 Å². The van der Waals surface area contributed by atoms with Crippen LogP contribution >= 0.6 is 0 Å². The molecule has 26 heavy (non-hydrogen) atoms. The fraction of sp³-hybridized carbons (Fsp3) is 0.550. The van der Waals surface area contributed by atoms with E-state index >= 15 is 0 Å². The van der Waals surface area contributed by atoms with E-state index in [2.05, 4.69) is 10.6 Å². The molecule has 0 saturated carbocycles. The van der Waals surface area contributed by atoms with Gasteiger partial charge in [-0.3, -0.25) is 14.4 Å². The Morgan fingerprint density at radius 2 is 1.73 bits per heavy atom. The van der Waals surface area contributed by atoms with Gasteiger partial charge in [-0.25, -0.2) is 0 Å². The zero-order valence-corrected chi connectivity index (χ0v) is 16.2. The van der Waals surface area contributed by atoms with Crippen molar-refractivity contribution < 1.29 is 14.4 Å². The first-order valence-electron chi connectivity index (χ1n) is 9.10. The zero-order valence-electron chi connectivity index (χ0n) is 16.2. The van der Waals surface area contributed by atoms with Gasteiger partial charge in [0, 0.05) is 12.0 Å². The summed E-state index contributed by atoms with van der Waals surface area (Å²) in [5.41, 5.74) is 6.22. The summed E-state index contributed by atoms with van der Waals surface area (Å²) in [5.74, 6) is -1.78. The quantitative estimate of drug-likeness (QED) is 0.583. The molecule has 0 unspecified atom stereocenters.